The van der Waals surface area contributed by atoms with Gasteiger partial charge in [0.2, 0.25) is 0 Å². The fraction of sp³-hybridized carbons (Fsp3) is 0.353. The number of nitrogens with zero attached hydrogens (tertiary/aromatic N) is 1. The van der Waals surface area contributed by atoms with Gasteiger partial charge in [0.05, 0.1) is 6.61 Å². The molecule has 128 valence electrons. The van der Waals surface area contributed by atoms with Gasteiger partial charge < -0.3 is 29.9 Å². The number of benzene rings is 1. The van der Waals surface area contributed by atoms with Gasteiger partial charge in [-0.1, -0.05) is 12.1 Å². The Hall–Kier alpha value is -2.03. The molecule has 0 amide bonds. The second-order valence-corrected chi connectivity index (χ2v) is 5.61. The number of hydrogen-bond donors (Lipinski definition) is 4. The van der Waals surface area contributed by atoms with Crippen LogP contribution >= 0.6 is 0 Å². The van der Waals surface area contributed by atoms with E-state index in [-0.39, 0.29) is 0 Å². The molecule has 2 aromatic rings. The van der Waals surface area contributed by atoms with Gasteiger partial charge in [-0.05, 0) is 29.8 Å². The molecule has 0 bridgehead atoms. The van der Waals surface area contributed by atoms with Crippen LogP contribution in [0.3, 0.4) is 0 Å². The average molecular weight is 333 g/mol. The number of pyridine rings is 1. The van der Waals surface area contributed by atoms with Gasteiger partial charge >= 0.3 is 0 Å². The van der Waals surface area contributed by atoms with Crippen molar-refractivity contribution >= 4 is 0 Å². The summed E-state index contributed by atoms with van der Waals surface area (Å²) in [6.07, 6.45) is -2.73. The van der Waals surface area contributed by atoms with E-state index in [0.717, 1.165) is 0 Å². The van der Waals surface area contributed by atoms with Gasteiger partial charge in [-0.3, -0.25) is 4.98 Å². The Morgan fingerprint density at radius 3 is 2.42 bits per heavy atom. The maximum absolute atomic E-state index is 10.2. The van der Waals surface area contributed by atoms with Gasteiger partial charge in [0.1, 0.15) is 42.0 Å². The molecule has 0 aliphatic carbocycles. The average Bonchev–Trinajstić information content (AvgIpc) is 2.61. The van der Waals surface area contributed by atoms with E-state index in [1.54, 1.807) is 48.8 Å². The van der Waals surface area contributed by atoms with Crippen LogP contribution in [-0.4, -0.2) is 56.4 Å². The molecule has 1 aromatic carbocycles. The highest BCUT2D eigenvalue weighted by Gasteiger charge is 2.43. The SMILES string of the molecule is OCC1OC(c2cccc(Oc3ccncc3)c2)[C@@H](O)[C@@H](O)[C@@H]1O. The number of ether oxygens (including phenoxy) is 2. The van der Waals surface area contributed by atoms with Crippen LogP contribution in [0.2, 0.25) is 0 Å². The second kappa shape index (κ2) is 7.25. The summed E-state index contributed by atoms with van der Waals surface area (Å²) < 4.78 is 11.3. The largest absolute Gasteiger partial charge is 0.457 e. The lowest BCUT2D eigenvalue weighted by molar-refractivity contribution is -0.231. The Morgan fingerprint density at radius 1 is 0.958 bits per heavy atom. The fourth-order valence-corrected chi connectivity index (χ4v) is 2.67. The Balaban J connectivity index is 1.82. The fourth-order valence-electron chi connectivity index (χ4n) is 2.67. The van der Waals surface area contributed by atoms with Crippen molar-refractivity contribution in [2.45, 2.75) is 30.5 Å². The van der Waals surface area contributed by atoms with E-state index in [1.807, 2.05) is 0 Å². The van der Waals surface area contributed by atoms with E-state index in [9.17, 15) is 20.4 Å². The minimum Gasteiger partial charge on any atom is -0.457 e. The van der Waals surface area contributed by atoms with E-state index in [1.165, 1.54) is 0 Å². The van der Waals surface area contributed by atoms with Crippen molar-refractivity contribution in [1.82, 2.24) is 4.98 Å². The molecule has 7 heteroatoms. The zero-order chi connectivity index (χ0) is 17.1. The summed E-state index contributed by atoms with van der Waals surface area (Å²) in [7, 11) is 0. The number of aromatic nitrogens is 1. The smallest absolute Gasteiger partial charge is 0.130 e. The summed E-state index contributed by atoms with van der Waals surface area (Å²) in [5, 5.41) is 39.2. The van der Waals surface area contributed by atoms with Crippen LogP contribution in [0.1, 0.15) is 11.7 Å². The van der Waals surface area contributed by atoms with Crippen LogP contribution in [-0.2, 0) is 4.74 Å². The predicted molar refractivity (Wildman–Crippen MR) is 83.5 cm³/mol. The molecule has 1 fully saturated rings. The third-order valence-corrected chi connectivity index (χ3v) is 3.96. The monoisotopic (exact) mass is 333 g/mol. The second-order valence-electron chi connectivity index (χ2n) is 5.61. The number of hydrogen-bond acceptors (Lipinski definition) is 7. The van der Waals surface area contributed by atoms with Crippen LogP contribution < -0.4 is 4.74 Å². The van der Waals surface area contributed by atoms with Crippen molar-refractivity contribution in [1.29, 1.82) is 0 Å². The Bertz CT molecular complexity index is 665. The Kier molecular flexibility index (Phi) is 5.08. The third-order valence-electron chi connectivity index (χ3n) is 3.96. The van der Waals surface area contributed by atoms with Gasteiger partial charge in [0.25, 0.3) is 0 Å². The Labute approximate surface area is 138 Å². The molecule has 2 unspecified atom stereocenters. The summed E-state index contributed by atoms with van der Waals surface area (Å²) in [6.45, 7) is -0.464. The molecule has 4 N–H and O–H groups in total. The normalized spacial score (nSPS) is 30.1. The van der Waals surface area contributed by atoms with Gasteiger partial charge in [0, 0.05) is 12.4 Å². The van der Waals surface area contributed by atoms with Crippen molar-refractivity contribution in [2.24, 2.45) is 0 Å². The highest BCUT2D eigenvalue weighted by molar-refractivity contribution is 5.34. The first-order valence-corrected chi connectivity index (χ1v) is 7.58. The first-order chi connectivity index (χ1) is 11.6. The Morgan fingerprint density at radius 2 is 1.71 bits per heavy atom. The molecule has 5 atom stereocenters. The van der Waals surface area contributed by atoms with E-state index < -0.39 is 37.1 Å². The van der Waals surface area contributed by atoms with Gasteiger partial charge in [-0.2, -0.15) is 0 Å². The topological polar surface area (TPSA) is 112 Å². The zero-order valence-electron chi connectivity index (χ0n) is 12.8. The van der Waals surface area contributed by atoms with Crippen LogP contribution in [0, 0.1) is 0 Å². The zero-order valence-corrected chi connectivity index (χ0v) is 12.8. The molecule has 1 aliphatic heterocycles. The van der Waals surface area contributed by atoms with Crippen molar-refractivity contribution in [3.63, 3.8) is 0 Å². The molecule has 1 aromatic heterocycles. The molecule has 1 saturated heterocycles. The lowest BCUT2D eigenvalue weighted by atomic mass is 9.91. The molecular weight excluding hydrogens is 314 g/mol. The van der Waals surface area contributed by atoms with E-state index in [2.05, 4.69) is 4.98 Å². The third kappa shape index (κ3) is 3.40. The molecular formula is C17H19NO6. The molecule has 0 radical (unpaired) electrons. The van der Waals surface area contributed by atoms with Gasteiger partial charge in [-0.15, -0.1) is 0 Å². The van der Waals surface area contributed by atoms with Gasteiger partial charge in [-0.25, -0.2) is 0 Å². The number of aliphatic hydroxyl groups is 4. The quantitative estimate of drug-likeness (QED) is 0.640. The minimum atomic E-state index is -1.41. The molecule has 3 rings (SSSR count). The maximum atomic E-state index is 10.2. The van der Waals surface area contributed by atoms with Crippen LogP contribution in [0.25, 0.3) is 0 Å². The van der Waals surface area contributed by atoms with E-state index in [4.69, 9.17) is 9.47 Å². The standard InChI is InChI=1S/C17H19NO6/c19-9-13-14(20)15(21)16(22)17(24-13)10-2-1-3-12(8-10)23-11-4-6-18-7-5-11/h1-8,13-17,19-22H,9H2/t13?,14-,15+,16+,17?/m1/s1. The summed E-state index contributed by atoms with van der Waals surface area (Å²) >= 11 is 0. The molecule has 7 nitrogen and oxygen atoms in total. The van der Waals surface area contributed by atoms with Crippen molar-refractivity contribution in [3.05, 3.63) is 54.4 Å². The summed E-state index contributed by atoms with van der Waals surface area (Å²) in [6, 6.07) is 10.3. The van der Waals surface area contributed by atoms with Crippen molar-refractivity contribution in [3.8, 4) is 11.5 Å². The van der Waals surface area contributed by atoms with Crippen molar-refractivity contribution in [2.75, 3.05) is 6.61 Å². The van der Waals surface area contributed by atoms with Crippen LogP contribution in [0.5, 0.6) is 11.5 Å². The minimum absolute atomic E-state index is 0.464. The van der Waals surface area contributed by atoms with Crippen LogP contribution in [0.4, 0.5) is 0 Å². The predicted octanol–water partition coefficient (Wildman–Crippen LogP) is 0.389. The highest BCUT2D eigenvalue weighted by Crippen LogP contribution is 2.34. The first kappa shape index (κ1) is 16.8. The number of aliphatic hydroxyl groups excluding tert-OH is 4. The summed E-state index contributed by atoms with van der Waals surface area (Å²) in [5.74, 6) is 1.13. The summed E-state index contributed by atoms with van der Waals surface area (Å²) in [4.78, 5) is 3.91. The lowest BCUT2D eigenvalue weighted by Crippen LogP contribution is -2.55. The first-order valence-electron chi connectivity index (χ1n) is 7.58. The number of rotatable bonds is 4. The molecule has 0 spiro atoms. The highest BCUT2D eigenvalue weighted by atomic mass is 16.5. The van der Waals surface area contributed by atoms with Crippen LogP contribution in [0.15, 0.2) is 48.8 Å². The molecule has 1 aliphatic rings. The van der Waals surface area contributed by atoms with Crippen molar-refractivity contribution < 1.29 is 29.9 Å². The van der Waals surface area contributed by atoms with E-state index in [0.29, 0.717) is 17.1 Å². The molecule has 24 heavy (non-hydrogen) atoms. The molecule has 0 saturated carbocycles. The molecule has 2 heterocycles. The van der Waals surface area contributed by atoms with Gasteiger partial charge in [0.15, 0.2) is 0 Å². The maximum Gasteiger partial charge on any atom is 0.130 e. The lowest BCUT2D eigenvalue weighted by Gasteiger charge is -2.40. The van der Waals surface area contributed by atoms with E-state index >= 15 is 0 Å². The summed E-state index contributed by atoms with van der Waals surface area (Å²) in [5.41, 5.74) is 0.568.